The van der Waals surface area contributed by atoms with Gasteiger partial charge in [0.1, 0.15) is 11.6 Å². The normalized spacial score (nSPS) is 11.2. The van der Waals surface area contributed by atoms with Crippen molar-refractivity contribution in [1.82, 2.24) is 9.55 Å². The first-order chi connectivity index (χ1) is 12.1. The van der Waals surface area contributed by atoms with Gasteiger partial charge in [-0.05, 0) is 49.4 Å². The molecule has 3 rings (SSSR count). The number of carbonyl (C=O) groups is 1. The summed E-state index contributed by atoms with van der Waals surface area (Å²) in [7, 11) is 0. The van der Waals surface area contributed by atoms with E-state index in [1.54, 1.807) is 6.08 Å². The van der Waals surface area contributed by atoms with E-state index in [1.807, 2.05) is 65.5 Å². The number of thiazole rings is 1. The number of hydrogen-bond acceptors (Lipinski definition) is 4. The summed E-state index contributed by atoms with van der Waals surface area (Å²) in [6.45, 7) is 1.85. The number of amides is 1. The molecule has 0 bridgehead atoms. The van der Waals surface area contributed by atoms with Gasteiger partial charge in [-0.3, -0.25) is 10.1 Å². The molecule has 5 nitrogen and oxygen atoms in total. The van der Waals surface area contributed by atoms with Gasteiger partial charge >= 0.3 is 0 Å². The minimum atomic E-state index is -0.472. The second-order valence-corrected chi connectivity index (χ2v) is 6.97. The average Bonchev–Trinajstić information content (AvgIpc) is 3.22. The van der Waals surface area contributed by atoms with E-state index in [2.05, 4.69) is 26.2 Å². The third-order valence-corrected chi connectivity index (χ3v) is 4.79. The highest BCUT2D eigenvalue weighted by atomic mass is 79.9. The molecule has 0 radical (unpaired) electrons. The number of benzene rings is 1. The van der Waals surface area contributed by atoms with Crippen molar-refractivity contribution in [2.75, 3.05) is 5.32 Å². The van der Waals surface area contributed by atoms with E-state index in [1.165, 1.54) is 11.3 Å². The lowest BCUT2D eigenvalue weighted by atomic mass is 10.2. The monoisotopic (exact) mass is 412 g/mol. The van der Waals surface area contributed by atoms with Crippen LogP contribution in [0.15, 0.2) is 58.0 Å². The summed E-state index contributed by atoms with van der Waals surface area (Å²) in [6, 6.07) is 13.4. The van der Waals surface area contributed by atoms with Crippen molar-refractivity contribution in [2.24, 2.45) is 0 Å². The van der Waals surface area contributed by atoms with Crippen LogP contribution in [0.4, 0.5) is 5.13 Å². The average molecular weight is 413 g/mol. The highest BCUT2D eigenvalue weighted by Gasteiger charge is 2.12. The summed E-state index contributed by atoms with van der Waals surface area (Å²) in [6.07, 6.45) is 3.45. The van der Waals surface area contributed by atoms with Crippen molar-refractivity contribution in [1.29, 1.82) is 5.26 Å². The molecule has 0 fully saturated rings. The van der Waals surface area contributed by atoms with Crippen molar-refractivity contribution in [3.8, 4) is 11.8 Å². The molecule has 0 atom stereocenters. The fraction of sp³-hybridized carbons (Fsp3) is 0.0556. The molecule has 124 valence electrons. The Bertz CT molecular complexity index is 979. The highest BCUT2D eigenvalue weighted by Crippen LogP contribution is 2.19. The molecule has 0 saturated heterocycles. The number of halogens is 1. The van der Waals surface area contributed by atoms with Gasteiger partial charge in [0.25, 0.3) is 5.91 Å². The Morgan fingerprint density at radius 2 is 2.12 bits per heavy atom. The zero-order valence-corrected chi connectivity index (χ0v) is 15.6. The van der Waals surface area contributed by atoms with E-state index >= 15 is 0 Å². The lowest BCUT2D eigenvalue weighted by Gasteiger charge is -2.07. The molecule has 25 heavy (non-hydrogen) atoms. The summed E-state index contributed by atoms with van der Waals surface area (Å²) in [5.41, 5.74) is 2.52. The lowest BCUT2D eigenvalue weighted by molar-refractivity contribution is -0.112. The summed E-state index contributed by atoms with van der Waals surface area (Å²) >= 11 is 4.73. The summed E-state index contributed by atoms with van der Waals surface area (Å²) in [5, 5.41) is 14.3. The molecule has 0 unspecified atom stereocenters. The van der Waals surface area contributed by atoms with Gasteiger partial charge < -0.3 is 4.57 Å². The van der Waals surface area contributed by atoms with Crippen molar-refractivity contribution in [3.63, 3.8) is 0 Å². The maximum atomic E-state index is 12.3. The molecule has 2 aromatic heterocycles. The predicted octanol–water partition coefficient (Wildman–Crippen LogP) is 4.55. The van der Waals surface area contributed by atoms with E-state index < -0.39 is 5.91 Å². The van der Waals surface area contributed by atoms with Crippen LogP contribution in [0.2, 0.25) is 0 Å². The minimum Gasteiger partial charge on any atom is -0.317 e. The topological polar surface area (TPSA) is 70.7 Å². The van der Waals surface area contributed by atoms with Gasteiger partial charge in [-0.15, -0.1) is 11.3 Å². The van der Waals surface area contributed by atoms with Crippen LogP contribution in [0.3, 0.4) is 0 Å². The summed E-state index contributed by atoms with van der Waals surface area (Å²) < 4.78 is 2.89. The number of nitrogens with zero attached hydrogens (tertiary/aromatic N) is 3. The molecule has 1 amide bonds. The number of nitriles is 1. The fourth-order valence-electron chi connectivity index (χ4n) is 2.22. The third kappa shape index (κ3) is 4.05. The van der Waals surface area contributed by atoms with E-state index in [0.29, 0.717) is 5.13 Å². The van der Waals surface area contributed by atoms with Crippen LogP contribution >= 0.6 is 27.3 Å². The van der Waals surface area contributed by atoms with E-state index in [-0.39, 0.29) is 5.57 Å². The molecule has 0 aliphatic carbocycles. The number of rotatable bonds is 4. The minimum absolute atomic E-state index is 0.0184. The van der Waals surface area contributed by atoms with Crippen LogP contribution in [0.25, 0.3) is 11.8 Å². The first-order valence-corrected chi connectivity index (χ1v) is 9.02. The molecule has 0 aliphatic heterocycles. The van der Waals surface area contributed by atoms with Crippen molar-refractivity contribution in [3.05, 3.63) is 69.4 Å². The van der Waals surface area contributed by atoms with Crippen molar-refractivity contribution < 1.29 is 4.79 Å². The fourth-order valence-corrected chi connectivity index (χ4v) is 3.17. The van der Waals surface area contributed by atoms with Crippen LogP contribution in [-0.2, 0) is 4.79 Å². The third-order valence-electron chi connectivity index (χ3n) is 3.38. The zero-order chi connectivity index (χ0) is 17.8. The number of aromatic nitrogens is 2. The number of carbonyl (C=O) groups excluding carboxylic acids is 1. The Kier molecular flexibility index (Phi) is 5.12. The first-order valence-electron chi connectivity index (χ1n) is 7.35. The van der Waals surface area contributed by atoms with E-state index in [4.69, 9.17) is 0 Å². The number of anilines is 1. The molecule has 7 heteroatoms. The van der Waals surface area contributed by atoms with Crippen LogP contribution in [0, 0.1) is 18.3 Å². The Morgan fingerprint density at radius 1 is 1.36 bits per heavy atom. The Hall–Kier alpha value is -2.69. The molecule has 0 aliphatic rings. The Morgan fingerprint density at radius 3 is 2.76 bits per heavy atom. The number of nitrogens with one attached hydrogen (secondary N) is 1. The second-order valence-electron chi connectivity index (χ2n) is 5.20. The number of hydrogen-bond donors (Lipinski definition) is 1. The molecule has 3 aromatic rings. The van der Waals surface area contributed by atoms with Gasteiger partial charge in [0, 0.05) is 27.4 Å². The van der Waals surface area contributed by atoms with E-state index in [9.17, 15) is 10.1 Å². The van der Waals surface area contributed by atoms with Crippen molar-refractivity contribution >= 4 is 44.4 Å². The number of aryl methyl sites for hydroxylation is 1. The second kappa shape index (κ2) is 7.47. The quantitative estimate of drug-likeness (QED) is 0.504. The molecule has 0 saturated carbocycles. The van der Waals surface area contributed by atoms with Gasteiger partial charge in [-0.25, -0.2) is 4.98 Å². The predicted molar refractivity (Wildman–Crippen MR) is 103 cm³/mol. The highest BCUT2D eigenvalue weighted by molar-refractivity contribution is 9.10. The molecule has 1 N–H and O–H groups in total. The van der Waals surface area contributed by atoms with Gasteiger partial charge in [-0.2, -0.15) is 5.26 Å². The van der Waals surface area contributed by atoms with Crippen LogP contribution in [0.1, 0.15) is 11.4 Å². The lowest BCUT2D eigenvalue weighted by Crippen LogP contribution is -2.13. The summed E-state index contributed by atoms with van der Waals surface area (Å²) in [5.74, 6) is -0.472. The van der Waals surface area contributed by atoms with E-state index in [0.717, 1.165) is 21.5 Å². The van der Waals surface area contributed by atoms with Gasteiger partial charge in [0.2, 0.25) is 0 Å². The zero-order valence-electron chi connectivity index (χ0n) is 13.2. The molecular weight excluding hydrogens is 400 g/mol. The molecule has 2 heterocycles. The Balaban J connectivity index is 1.88. The standard InChI is InChI=1S/C18H13BrN4OS/c1-12-11-25-18(21-12)22-17(24)13(10-20)9-16-3-2-8-23(16)15-6-4-14(19)5-7-15/h2-9,11H,1H3,(H,21,22,24)/b13-9-. The van der Waals surface area contributed by atoms with Gasteiger partial charge in [0.15, 0.2) is 5.13 Å². The molecular formula is C18H13BrN4OS. The summed E-state index contributed by atoms with van der Waals surface area (Å²) in [4.78, 5) is 16.5. The van der Waals surface area contributed by atoms with Crippen molar-refractivity contribution in [2.45, 2.75) is 6.92 Å². The van der Waals surface area contributed by atoms with Crippen LogP contribution < -0.4 is 5.32 Å². The SMILES string of the molecule is Cc1csc(NC(=O)/C(C#N)=C\c2cccn2-c2ccc(Br)cc2)n1. The largest absolute Gasteiger partial charge is 0.317 e. The van der Waals surface area contributed by atoms with Crippen LogP contribution in [-0.4, -0.2) is 15.5 Å². The maximum absolute atomic E-state index is 12.3. The smallest absolute Gasteiger partial charge is 0.268 e. The van der Waals surface area contributed by atoms with Gasteiger partial charge in [-0.1, -0.05) is 15.9 Å². The first kappa shape index (κ1) is 17.1. The van der Waals surface area contributed by atoms with Crippen LogP contribution in [0.5, 0.6) is 0 Å². The molecule has 1 aromatic carbocycles. The van der Waals surface area contributed by atoms with Gasteiger partial charge in [0.05, 0.1) is 5.69 Å². The molecule has 0 spiro atoms. The maximum Gasteiger partial charge on any atom is 0.268 e. The Labute approximate surface area is 157 Å².